The number of rotatable bonds is 9. The van der Waals surface area contributed by atoms with Crippen LogP contribution in [0.3, 0.4) is 0 Å². The predicted molar refractivity (Wildman–Crippen MR) is 97.2 cm³/mol. The van der Waals surface area contributed by atoms with E-state index in [1.54, 1.807) is 12.0 Å². The molecule has 0 N–H and O–H groups in total. The topological polar surface area (TPSA) is 68.3 Å². The van der Waals surface area contributed by atoms with E-state index < -0.39 is 0 Å². The van der Waals surface area contributed by atoms with E-state index in [-0.39, 0.29) is 18.3 Å². The number of amides is 1. The molecule has 7 nitrogen and oxygen atoms in total. The van der Waals surface area contributed by atoms with E-state index >= 15 is 0 Å². The molecule has 26 heavy (non-hydrogen) atoms. The highest BCUT2D eigenvalue weighted by atomic mass is 16.5. The zero-order chi connectivity index (χ0) is 18.8. The van der Waals surface area contributed by atoms with Crippen molar-refractivity contribution in [3.63, 3.8) is 0 Å². The molecule has 1 aliphatic heterocycles. The molecule has 0 unspecified atom stereocenters. The zero-order valence-electron chi connectivity index (χ0n) is 15.6. The third kappa shape index (κ3) is 6.65. The van der Waals surface area contributed by atoms with Gasteiger partial charge in [-0.3, -0.25) is 14.5 Å². The summed E-state index contributed by atoms with van der Waals surface area (Å²) < 4.78 is 15.2. The number of carbonyl (C=O) groups excluding carboxylic acids is 2. The van der Waals surface area contributed by atoms with Crippen LogP contribution in [0.4, 0.5) is 0 Å². The minimum atomic E-state index is -0.307. The molecule has 0 spiro atoms. The van der Waals surface area contributed by atoms with Gasteiger partial charge in [-0.25, -0.2) is 0 Å². The quantitative estimate of drug-likeness (QED) is 0.608. The van der Waals surface area contributed by atoms with Gasteiger partial charge in [-0.15, -0.1) is 0 Å². The molecule has 1 amide bonds. The molecule has 0 radical (unpaired) electrons. The molecule has 144 valence electrons. The first-order chi connectivity index (χ1) is 12.6. The van der Waals surface area contributed by atoms with Crippen LogP contribution in [0.1, 0.15) is 12.0 Å². The van der Waals surface area contributed by atoms with Crippen molar-refractivity contribution in [1.82, 2.24) is 9.80 Å². The second kappa shape index (κ2) is 10.8. The molecular weight excluding hydrogens is 336 g/mol. The highest BCUT2D eigenvalue weighted by molar-refractivity contribution is 5.79. The van der Waals surface area contributed by atoms with Gasteiger partial charge in [0.05, 0.1) is 40.3 Å². The van der Waals surface area contributed by atoms with Crippen LogP contribution in [0, 0.1) is 0 Å². The van der Waals surface area contributed by atoms with Gasteiger partial charge in [0.1, 0.15) is 5.75 Å². The SMILES string of the molecule is COC(=O)CCN(CCN1CCOCC1)C(=O)Cc1ccc(OC)cc1. The standard InChI is InChI=1S/C19H28N2O5/c1-24-17-5-3-16(4-6-17)15-18(22)21(8-7-19(23)25-2)10-9-20-11-13-26-14-12-20/h3-6H,7-15H2,1-2H3. The van der Waals surface area contributed by atoms with Crippen LogP contribution < -0.4 is 4.74 Å². The molecule has 0 saturated carbocycles. The number of nitrogens with zero attached hydrogens (tertiary/aromatic N) is 2. The molecule has 1 aromatic carbocycles. The molecule has 1 fully saturated rings. The Morgan fingerprint density at radius 2 is 1.81 bits per heavy atom. The van der Waals surface area contributed by atoms with E-state index in [4.69, 9.17) is 14.2 Å². The van der Waals surface area contributed by atoms with Gasteiger partial charge in [-0.1, -0.05) is 12.1 Å². The smallest absolute Gasteiger partial charge is 0.307 e. The first-order valence-electron chi connectivity index (χ1n) is 8.90. The number of carbonyl (C=O) groups is 2. The molecule has 1 aliphatic rings. The van der Waals surface area contributed by atoms with Crippen LogP contribution in [-0.2, 0) is 25.5 Å². The van der Waals surface area contributed by atoms with Crippen LogP contribution in [0.15, 0.2) is 24.3 Å². The summed E-state index contributed by atoms with van der Waals surface area (Å²) in [4.78, 5) is 28.2. The van der Waals surface area contributed by atoms with Gasteiger partial charge < -0.3 is 19.1 Å². The van der Waals surface area contributed by atoms with E-state index in [9.17, 15) is 9.59 Å². The van der Waals surface area contributed by atoms with Crippen molar-refractivity contribution in [3.05, 3.63) is 29.8 Å². The van der Waals surface area contributed by atoms with Gasteiger partial charge in [0.25, 0.3) is 0 Å². The number of benzene rings is 1. The van der Waals surface area contributed by atoms with E-state index in [1.807, 2.05) is 24.3 Å². The number of hydrogen-bond acceptors (Lipinski definition) is 6. The summed E-state index contributed by atoms with van der Waals surface area (Å²) in [6.07, 6.45) is 0.502. The Morgan fingerprint density at radius 3 is 2.42 bits per heavy atom. The summed E-state index contributed by atoms with van der Waals surface area (Å²) in [6, 6.07) is 7.46. The van der Waals surface area contributed by atoms with Crippen LogP contribution in [0.25, 0.3) is 0 Å². The average molecular weight is 364 g/mol. The second-order valence-electron chi connectivity index (χ2n) is 6.19. The molecule has 0 aliphatic carbocycles. The van der Waals surface area contributed by atoms with Crippen molar-refractivity contribution in [2.75, 3.05) is 60.2 Å². The Labute approximate surface area is 154 Å². The normalized spacial score (nSPS) is 14.7. The number of hydrogen-bond donors (Lipinski definition) is 0. The summed E-state index contributed by atoms with van der Waals surface area (Å²) in [7, 11) is 2.97. The number of methoxy groups -OCH3 is 2. The van der Waals surface area contributed by atoms with Gasteiger partial charge in [0, 0.05) is 32.7 Å². The summed E-state index contributed by atoms with van der Waals surface area (Å²) >= 11 is 0. The maximum Gasteiger partial charge on any atom is 0.307 e. The van der Waals surface area contributed by atoms with Crippen LogP contribution in [0.5, 0.6) is 5.75 Å². The summed E-state index contributed by atoms with van der Waals surface area (Å²) in [6.45, 7) is 4.93. The Hall–Kier alpha value is -2.12. The Kier molecular flexibility index (Phi) is 8.37. The maximum absolute atomic E-state index is 12.7. The van der Waals surface area contributed by atoms with Crippen LogP contribution in [-0.4, -0.2) is 81.8 Å². The molecule has 7 heteroatoms. The van der Waals surface area contributed by atoms with E-state index in [2.05, 4.69) is 4.90 Å². The molecule has 1 saturated heterocycles. The lowest BCUT2D eigenvalue weighted by Crippen LogP contribution is -2.44. The van der Waals surface area contributed by atoms with E-state index in [1.165, 1.54) is 7.11 Å². The van der Waals surface area contributed by atoms with E-state index in [0.29, 0.717) is 19.5 Å². The Bertz CT molecular complexity index is 570. The summed E-state index contributed by atoms with van der Waals surface area (Å²) in [5.41, 5.74) is 0.922. The maximum atomic E-state index is 12.7. The predicted octanol–water partition coefficient (Wildman–Crippen LogP) is 0.962. The van der Waals surface area contributed by atoms with Gasteiger partial charge >= 0.3 is 5.97 Å². The van der Waals surface area contributed by atoms with Gasteiger partial charge in [0.15, 0.2) is 0 Å². The minimum absolute atomic E-state index is 0.00679. The summed E-state index contributed by atoms with van der Waals surface area (Å²) in [5, 5.41) is 0. The Morgan fingerprint density at radius 1 is 1.12 bits per heavy atom. The largest absolute Gasteiger partial charge is 0.497 e. The summed E-state index contributed by atoms with van der Waals surface area (Å²) in [5.74, 6) is 0.460. The molecule has 0 atom stereocenters. The highest BCUT2D eigenvalue weighted by Crippen LogP contribution is 2.13. The third-order valence-electron chi connectivity index (χ3n) is 4.47. The van der Waals surface area contributed by atoms with Gasteiger partial charge in [0.2, 0.25) is 5.91 Å². The second-order valence-corrected chi connectivity index (χ2v) is 6.19. The Balaban J connectivity index is 1.92. The lowest BCUT2D eigenvalue weighted by molar-refractivity contribution is -0.141. The lowest BCUT2D eigenvalue weighted by atomic mass is 10.1. The van der Waals surface area contributed by atoms with Crippen molar-refractivity contribution in [2.45, 2.75) is 12.8 Å². The van der Waals surface area contributed by atoms with Crippen molar-refractivity contribution in [2.24, 2.45) is 0 Å². The number of ether oxygens (including phenoxy) is 3. The van der Waals surface area contributed by atoms with Crippen LogP contribution in [0.2, 0.25) is 0 Å². The number of morpholine rings is 1. The van der Waals surface area contributed by atoms with Gasteiger partial charge in [-0.2, -0.15) is 0 Å². The van der Waals surface area contributed by atoms with Crippen molar-refractivity contribution in [1.29, 1.82) is 0 Å². The van der Waals surface area contributed by atoms with Crippen molar-refractivity contribution in [3.8, 4) is 5.75 Å². The minimum Gasteiger partial charge on any atom is -0.497 e. The average Bonchev–Trinajstić information content (AvgIpc) is 2.69. The fourth-order valence-corrected chi connectivity index (χ4v) is 2.81. The molecule has 1 aromatic rings. The van der Waals surface area contributed by atoms with Crippen molar-refractivity contribution >= 4 is 11.9 Å². The molecule has 2 rings (SSSR count). The molecule has 0 bridgehead atoms. The van der Waals surface area contributed by atoms with Crippen molar-refractivity contribution < 1.29 is 23.8 Å². The highest BCUT2D eigenvalue weighted by Gasteiger charge is 2.18. The van der Waals surface area contributed by atoms with Gasteiger partial charge in [-0.05, 0) is 17.7 Å². The van der Waals surface area contributed by atoms with Crippen LogP contribution >= 0.6 is 0 Å². The first-order valence-corrected chi connectivity index (χ1v) is 8.90. The lowest BCUT2D eigenvalue weighted by Gasteiger charge is -2.30. The fourth-order valence-electron chi connectivity index (χ4n) is 2.81. The first kappa shape index (κ1) is 20.2. The fraction of sp³-hybridized carbons (Fsp3) is 0.579. The number of esters is 1. The third-order valence-corrected chi connectivity index (χ3v) is 4.47. The molecular formula is C19H28N2O5. The zero-order valence-corrected chi connectivity index (χ0v) is 15.6. The molecule has 0 aromatic heterocycles. The monoisotopic (exact) mass is 364 g/mol. The molecule has 1 heterocycles. The van der Waals surface area contributed by atoms with E-state index in [0.717, 1.165) is 44.2 Å².